The molecule has 0 radical (unpaired) electrons. The first-order chi connectivity index (χ1) is 12.0. The van der Waals surface area contributed by atoms with Crippen molar-refractivity contribution in [2.75, 3.05) is 0 Å². The first-order valence-corrected chi connectivity index (χ1v) is 8.99. The van der Waals surface area contributed by atoms with E-state index in [2.05, 4.69) is 30.5 Å². The molecule has 1 N–H and O–H groups in total. The van der Waals surface area contributed by atoms with E-state index in [4.69, 9.17) is 5.10 Å². The van der Waals surface area contributed by atoms with E-state index in [0.29, 0.717) is 12.0 Å². The maximum absolute atomic E-state index is 12.7. The number of fused-ring (bicyclic) bond motifs is 3. The lowest BCUT2D eigenvalue weighted by Crippen LogP contribution is -2.51. The van der Waals surface area contributed by atoms with Crippen molar-refractivity contribution >= 4 is 5.78 Å². The van der Waals surface area contributed by atoms with Gasteiger partial charge in [0.2, 0.25) is 0 Å². The Morgan fingerprint density at radius 3 is 2.84 bits per heavy atom. The Kier molecular flexibility index (Phi) is 3.78. The standard InChI is InChI=1S/C21H24N2O2/c1-14-18-9-8-16-12-23(2)22-20(16)21(18,11-17(13-24)19(14)25)10-15-6-4-3-5-7-15/h3-7,12-14,18,24H,8-11H2,1-2H3. The summed E-state index contributed by atoms with van der Waals surface area (Å²) in [5.74, 6) is 0.257. The average molecular weight is 336 g/mol. The second-order valence-corrected chi connectivity index (χ2v) is 7.62. The maximum atomic E-state index is 12.7. The summed E-state index contributed by atoms with van der Waals surface area (Å²) in [4.78, 5) is 12.7. The summed E-state index contributed by atoms with van der Waals surface area (Å²) in [5.41, 5.74) is 3.98. The highest BCUT2D eigenvalue weighted by Crippen LogP contribution is 2.53. The highest BCUT2D eigenvalue weighted by Gasteiger charge is 2.54. The molecule has 0 spiro atoms. The van der Waals surface area contributed by atoms with Crippen LogP contribution in [0, 0.1) is 11.8 Å². The van der Waals surface area contributed by atoms with Gasteiger partial charge in [0, 0.05) is 30.2 Å². The van der Waals surface area contributed by atoms with Crippen LogP contribution in [0.5, 0.6) is 0 Å². The lowest BCUT2D eigenvalue weighted by Gasteiger charge is -2.49. The summed E-state index contributed by atoms with van der Waals surface area (Å²) in [5, 5.41) is 14.5. The van der Waals surface area contributed by atoms with E-state index in [1.807, 2.05) is 24.7 Å². The molecule has 3 atom stereocenters. The fourth-order valence-corrected chi connectivity index (χ4v) is 5.09. The zero-order chi connectivity index (χ0) is 17.6. The van der Waals surface area contributed by atoms with Crippen LogP contribution >= 0.6 is 0 Å². The molecule has 4 nitrogen and oxygen atoms in total. The van der Waals surface area contributed by atoms with Crippen LogP contribution in [-0.2, 0) is 30.1 Å². The van der Waals surface area contributed by atoms with Crippen molar-refractivity contribution in [3.63, 3.8) is 0 Å². The van der Waals surface area contributed by atoms with Gasteiger partial charge in [0.05, 0.1) is 12.0 Å². The number of hydrogen-bond acceptors (Lipinski definition) is 3. The van der Waals surface area contributed by atoms with E-state index >= 15 is 0 Å². The Morgan fingerprint density at radius 2 is 2.12 bits per heavy atom. The molecular formula is C21H24N2O2. The zero-order valence-corrected chi connectivity index (χ0v) is 14.8. The third-order valence-electron chi connectivity index (χ3n) is 6.17. The third-order valence-corrected chi connectivity index (χ3v) is 6.17. The van der Waals surface area contributed by atoms with Gasteiger partial charge >= 0.3 is 0 Å². The second kappa shape index (κ2) is 5.87. The number of rotatable bonds is 2. The fourth-order valence-electron chi connectivity index (χ4n) is 5.09. The van der Waals surface area contributed by atoms with Crippen molar-refractivity contribution < 1.29 is 9.90 Å². The minimum atomic E-state index is -0.224. The van der Waals surface area contributed by atoms with E-state index in [9.17, 15) is 9.90 Å². The molecular weight excluding hydrogens is 312 g/mol. The summed E-state index contributed by atoms with van der Waals surface area (Å²) in [6.07, 6.45) is 6.52. The van der Waals surface area contributed by atoms with Gasteiger partial charge < -0.3 is 5.11 Å². The van der Waals surface area contributed by atoms with Crippen LogP contribution in [0.2, 0.25) is 0 Å². The first kappa shape index (κ1) is 16.1. The predicted octanol–water partition coefficient (Wildman–Crippen LogP) is 3.51. The van der Waals surface area contributed by atoms with Crippen LogP contribution in [-0.4, -0.2) is 20.7 Å². The van der Waals surface area contributed by atoms with Gasteiger partial charge in [-0.25, -0.2) is 0 Å². The topological polar surface area (TPSA) is 55.1 Å². The van der Waals surface area contributed by atoms with Crippen LogP contribution in [0.3, 0.4) is 0 Å². The van der Waals surface area contributed by atoms with E-state index in [-0.39, 0.29) is 23.0 Å². The van der Waals surface area contributed by atoms with E-state index < -0.39 is 0 Å². The highest BCUT2D eigenvalue weighted by molar-refractivity contribution is 5.98. The van der Waals surface area contributed by atoms with Crippen LogP contribution in [0.1, 0.15) is 36.6 Å². The summed E-state index contributed by atoms with van der Waals surface area (Å²) >= 11 is 0. The minimum Gasteiger partial charge on any atom is -0.515 e. The number of aromatic nitrogens is 2. The van der Waals surface area contributed by atoms with E-state index in [0.717, 1.165) is 31.2 Å². The summed E-state index contributed by atoms with van der Waals surface area (Å²) in [7, 11) is 1.96. The van der Waals surface area contributed by atoms with Gasteiger partial charge in [-0.15, -0.1) is 0 Å². The minimum absolute atomic E-state index is 0.0916. The van der Waals surface area contributed by atoms with Crippen LogP contribution in [0.25, 0.3) is 0 Å². The normalized spacial score (nSPS) is 30.2. The van der Waals surface area contributed by atoms with Gasteiger partial charge in [-0.05, 0) is 42.7 Å². The smallest absolute Gasteiger partial charge is 0.165 e. The van der Waals surface area contributed by atoms with Gasteiger partial charge in [0.15, 0.2) is 5.78 Å². The zero-order valence-electron chi connectivity index (χ0n) is 14.8. The lowest BCUT2D eigenvalue weighted by molar-refractivity contribution is -0.124. The molecule has 1 fully saturated rings. The number of ketones is 1. The largest absolute Gasteiger partial charge is 0.515 e. The molecule has 130 valence electrons. The second-order valence-electron chi connectivity index (χ2n) is 7.62. The number of aliphatic hydroxyl groups is 1. The number of benzene rings is 1. The monoisotopic (exact) mass is 336 g/mol. The molecule has 1 aromatic carbocycles. The lowest BCUT2D eigenvalue weighted by atomic mass is 9.53. The number of aliphatic hydroxyl groups excluding tert-OH is 1. The van der Waals surface area contributed by atoms with Crippen molar-refractivity contribution in [2.45, 2.75) is 38.0 Å². The summed E-state index contributed by atoms with van der Waals surface area (Å²) in [6.45, 7) is 2.02. The van der Waals surface area contributed by atoms with Gasteiger partial charge in [-0.3, -0.25) is 9.48 Å². The number of nitrogens with zero attached hydrogens (tertiary/aromatic N) is 2. The quantitative estimate of drug-likeness (QED) is 0.674. The SMILES string of the molecule is CC1C(=O)C(=CO)CC2(Cc3ccccc3)c3nn(C)cc3CCC12. The molecule has 2 aliphatic carbocycles. The van der Waals surface area contributed by atoms with Gasteiger partial charge in [-0.2, -0.15) is 5.10 Å². The van der Waals surface area contributed by atoms with Gasteiger partial charge in [0.25, 0.3) is 0 Å². The highest BCUT2D eigenvalue weighted by atomic mass is 16.2. The van der Waals surface area contributed by atoms with Crippen LogP contribution in [0.4, 0.5) is 0 Å². The molecule has 0 bridgehead atoms. The first-order valence-electron chi connectivity index (χ1n) is 8.99. The summed E-state index contributed by atoms with van der Waals surface area (Å²) in [6, 6.07) is 10.4. The number of carbonyl (C=O) groups excluding carboxylic acids is 1. The van der Waals surface area contributed by atoms with E-state index in [1.165, 1.54) is 11.1 Å². The molecule has 1 saturated carbocycles. The Balaban J connectivity index is 1.89. The average Bonchev–Trinajstić information content (AvgIpc) is 3.01. The maximum Gasteiger partial charge on any atom is 0.165 e. The van der Waals surface area contributed by atoms with E-state index in [1.54, 1.807) is 0 Å². The number of Topliss-reactive ketones (excluding diaryl/α,β-unsaturated/α-hetero) is 1. The number of aryl methyl sites for hydroxylation is 2. The third kappa shape index (κ3) is 2.43. The molecule has 4 rings (SSSR count). The molecule has 0 aliphatic heterocycles. The Bertz CT molecular complexity index is 837. The van der Waals surface area contributed by atoms with Crippen molar-refractivity contribution in [1.82, 2.24) is 9.78 Å². The molecule has 0 saturated heterocycles. The van der Waals surface area contributed by atoms with Crippen molar-refractivity contribution in [3.8, 4) is 0 Å². The molecule has 4 heteroatoms. The van der Waals surface area contributed by atoms with Gasteiger partial charge in [0.1, 0.15) is 0 Å². The Morgan fingerprint density at radius 1 is 1.36 bits per heavy atom. The number of allylic oxidation sites excluding steroid dienone is 1. The molecule has 2 aliphatic rings. The molecule has 1 heterocycles. The van der Waals surface area contributed by atoms with Crippen LogP contribution < -0.4 is 0 Å². The van der Waals surface area contributed by atoms with Crippen molar-refractivity contribution in [1.29, 1.82) is 0 Å². The van der Waals surface area contributed by atoms with Crippen molar-refractivity contribution in [3.05, 3.63) is 65.2 Å². The van der Waals surface area contributed by atoms with Gasteiger partial charge in [-0.1, -0.05) is 37.3 Å². The predicted molar refractivity (Wildman–Crippen MR) is 96.3 cm³/mol. The van der Waals surface area contributed by atoms with Crippen LogP contribution in [0.15, 0.2) is 48.4 Å². The molecule has 0 amide bonds. The number of hydrogen-bond donors (Lipinski definition) is 1. The Hall–Kier alpha value is -2.36. The Labute approximate surface area is 148 Å². The molecule has 2 aromatic rings. The van der Waals surface area contributed by atoms with Crippen molar-refractivity contribution in [2.24, 2.45) is 18.9 Å². The number of carbonyl (C=O) groups is 1. The molecule has 25 heavy (non-hydrogen) atoms. The summed E-state index contributed by atoms with van der Waals surface area (Å²) < 4.78 is 1.89. The fraction of sp³-hybridized carbons (Fsp3) is 0.429. The molecule has 1 aromatic heterocycles. The molecule has 3 unspecified atom stereocenters.